The summed E-state index contributed by atoms with van der Waals surface area (Å²) in [6, 6.07) is 0. The summed E-state index contributed by atoms with van der Waals surface area (Å²) in [6.07, 6.45) is 37.7. The summed E-state index contributed by atoms with van der Waals surface area (Å²) in [5, 5.41) is 50.2. The lowest BCUT2D eigenvalue weighted by atomic mass is 9.85. The van der Waals surface area contributed by atoms with Crippen LogP contribution in [0.1, 0.15) is 142 Å². The zero-order chi connectivity index (χ0) is 48.3. The summed E-state index contributed by atoms with van der Waals surface area (Å²) >= 11 is 0. The van der Waals surface area contributed by atoms with Crippen molar-refractivity contribution in [1.82, 2.24) is 0 Å². The first-order chi connectivity index (χ1) is 31.9. The van der Waals surface area contributed by atoms with Crippen molar-refractivity contribution < 1.29 is 67.8 Å². The number of hydrogen-bond acceptors (Lipinski definition) is 13. The van der Waals surface area contributed by atoms with Gasteiger partial charge in [-0.1, -0.05) is 137 Å². The number of hydrogen-bond donors (Lipinski definition) is 6. The molecule has 0 aromatic carbocycles. The SMILES string of the molecule is CCCCC/C=C\C/C=C\C/C=C\C/C=C\C/C=C\CCC(=O)OC[C@H](COP(=O)(O)OC1[C@H](O)[C@H](O)C(O)[C@H](O)[C@H]1O)OC(=O)CCCC1OC1C/C=C\C/C=C\C/C=C\CCCCC. The zero-order valence-corrected chi connectivity index (χ0v) is 40.3. The van der Waals surface area contributed by atoms with Gasteiger partial charge in [0, 0.05) is 12.8 Å². The molecule has 1 saturated heterocycles. The molecule has 0 spiro atoms. The Morgan fingerprint density at radius 2 is 1.00 bits per heavy atom. The molecule has 1 aliphatic heterocycles. The fourth-order valence-electron chi connectivity index (χ4n) is 6.83. The number of phosphoric ester groups is 1. The van der Waals surface area contributed by atoms with E-state index in [0.29, 0.717) is 25.7 Å². The van der Waals surface area contributed by atoms with Crippen molar-refractivity contribution in [2.75, 3.05) is 13.2 Å². The molecule has 66 heavy (non-hydrogen) atoms. The first-order valence-electron chi connectivity index (χ1n) is 24.2. The Balaban J connectivity index is 1.77. The molecule has 374 valence electrons. The van der Waals surface area contributed by atoms with E-state index < -0.39 is 75.7 Å². The van der Waals surface area contributed by atoms with Crippen molar-refractivity contribution in [3.63, 3.8) is 0 Å². The van der Waals surface area contributed by atoms with Gasteiger partial charge in [0.2, 0.25) is 0 Å². The minimum Gasteiger partial charge on any atom is -0.462 e. The maximum atomic E-state index is 12.9. The standard InChI is InChI=1S/C51H81O14P/c1-3-5-7-9-11-13-15-17-18-19-20-21-22-23-25-27-29-31-33-37-44(52)61-39-41(40-62-66(59,60)65-51-49(57)47(55)46(54)48(56)50(51)58)63-45(53)38-34-36-43-42(64-43)35-32-30-28-26-24-16-14-12-10-8-6-4-2/h11-14,17-18,20-21,23-26,29-32,41-43,46-51,54-58H,3-10,15-16,19,22,27-28,33-40H2,1-2H3,(H,59,60)/b13-11-,14-12-,18-17-,21-20-,25-23-,26-24-,31-29-,32-30-/t41-,42?,43?,46?,47-,48+,49-,50-,51?/m1/s1. The van der Waals surface area contributed by atoms with Gasteiger partial charge in [-0.2, -0.15) is 0 Å². The maximum absolute atomic E-state index is 12.9. The minimum atomic E-state index is -5.17. The van der Waals surface area contributed by atoms with E-state index in [9.17, 15) is 44.6 Å². The van der Waals surface area contributed by atoms with Gasteiger partial charge >= 0.3 is 19.8 Å². The molecule has 0 amide bonds. The van der Waals surface area contributed by atoms with Crippen molar-refractivity contribution in [2.45, 2.75) is 197 Å². The van der Waals surface area contributed by atoms with Crippen molar-refractivity contribution in [2.24, 2.45) is 0 Å². The second-order valence-corrected chi connectivity index (χ2v) is 18.0. The predicted molar refractivity (Wildman–Crippen MR) is 257 cm³/mol. The van der Waals surface area contributed by atoms with Crippen LogP contribution in [-0.4, -0.2) is 111 Å². The molecule has 1 aliphatic carbocycles. The highest BCUT2D eigenvalue weighted by Gasteiger charge is 2.51. The molecule has 15 heteroatoms. The summed E-state index contributed by atoms with van der Waals surface area (Å²) < 4.78 is 39.2. The smallest absolute Gasteiger partial charge is 0.462 e. The summed E-state index contributed by atoms with van der Waals surface area (Å²) in [5.74, 6) is -1.28. The first-order valence-corrected chi connectivity index (χ1v) is 25.7. The molecule has 0 radical (unpaired) electrons. The van der Waals surface area contributed by atoms with Crippen LogP contribution in [-0.2, 0) is 37.4 Å². The van der Waals surface area contributed by atoms with Gasteiger partial charge in [-0.3, -0.25) is 18.6 Å². The zero-order valence-electron chi connectivity index (χ0n) is 39.4. The summed E-state index contributed by atoms with van der Waals surface area (Å²) in [6.45, 7) is 3.10. The van der Waals surface area contributed by atoms with Crippen LogP contribution in [0.2, 0.25) is 0 Å². The Morgan fingerprint density at radius 1 is 0.545 bits per heavy atom. The molecule has 2 aliphatic rings. The molecular formula is C51H81O14P. The van der Waals surface area contributed by atoms with E-state index in [4.69, 9.17) is 23.3 Å². The lowest BCUT2D eigenvalue weighted by Crippen LogP contribution is -2.64. The lowest BCUT2D eigenvalue weighted by molar-refractivity contribution is -0.220. The first kappa shape index (κ1) is 58.9. The quantitative estimate of drug-likeness (QED) is 0.0113. The largest absolute Gasteiger partial charge is 0.472 e. The highest BCUT2D eigenvalue weighted by Crippen LogP contribution is 2.47. The fourth-order valence-corrected chi connectivity index (χ4v) is 7.80. The van der Waals surface area contributed by atoms with E-state index in [-0.39, 0.29) is 25.0 Å². The second kappa shape index (κ2) is 36.7. The van der Waals surface area contributed by atoms with Gasteiger partial charge in [0.15, 0.2) is 6.10 Å². The summed E-state index contributed by atoms with van der Waals surface area (Å²) in [5.41, 5.74) is 0. The number of carbonyl (C=O) groups excluding carboxylic acids is 2. The van der Waals surface area contributed by atoms with Crippen LogP contribution in [0.5, 0.6) is 0 Å². The van der Waals surface area contributed by atoms with E-state index in [2.05, 4.69) is 92.8 Å². The van der Waals surface area contributed by atoms with E-state index in [1.54, 1.807) is 0 Å². The number of allylic oxidation sites excluding steroid dienone is 15. The van der Waals surface area contributed by atoms with E-state index in [0.717, 1.165) is 51.4 Å². The molecule has 5 unspecified atom stereocenters. The molecule has 14 nitrogen and oxygen atoms in total. The van der Waals surface area contributed by atoms with Crippen molar-refractivity contribution in [1.29, 1.82) is 0 Å². The predicted octanol–water partition coefficient (Wildman–Crippen LogP) is 8.82. The number of aliphatic hydroxyl groups is 5. The van der Waals surface area contributed by atoms with Crippen molar-refractivity contribution >= 4 is 19.8 Å². The van der Waals surface area contributed by atoms with E-state index >= 15 is 0 Å². The van der Waals surface area contributed by atoms with Crippen molar-refractivity contribution in [3.05, 3.63) is 97.2 Å². The van der Waals surface area contributed by atoms with Gasteiger partial charge in [-0.05, 0) is 89.9 Å². The van der Waals surface area contributed by atoms with Crippen LogP contribution in [0.15, 0.2) is 97.2 Å². The Hall–Kier alpha value is -3.27. The number of phosphoric acid groups is 1. The van der Waals surface area contributed by atoms with Gasteiger partial charge < -0.3 is 44.6 Å². The highest BCUT2D eigenvalue weighted by atomic mass is 31.2. The minimum absolute atomic E-state index is 0.0131. The number of esters is 2. The maximum Gasteiger partial charge on any atom is 0.472 e. The van der Waals surface area contributed by atoms with Crippen LogP contribution in [0.4, 0.5) is 0 Å². The number of epoxide rings is 1. The number of carbonyl (C=O) groups is 2. The molecule has 6 N–H and O–H groups in total. The molecular weight excluding hydrogens is 868 g/mol. The Kier molecular flexibility index (Phi) is 32.8. The Bertz CT molecular complexity index is 1590. The van der Waals surface area contributed by atoms with Crippen LogP contribution in [0.25, 0.3) is 0 Å². The third-order valence-electron chi connectivity index (χ3n) is 10.8. The number of aliphatic hydroxyl groups excluding tert-OH is 5. The van der Waals surface area contributed by atoms with Gasteiger partial charge in [-0.25, -0.2) is 4.57 Å². The lowest BCUT2D eigenvalue weighted by Gasteiger charge is -2.41. The average molecular weight is 949 g/mol. The normalized spacial score (nSPS) is 25.2. The monoisotopic (exact) mass is 949 g/mol. The molecule has 10 atom stereocenters. The van der Waals surface area contributed by atoms with Gasteiger partial charge in [-0.15, -0.1) is 0 Å². The molecule has 2 fully saturated rings. The number of unbranched alkanes of at least 4 members (excludes halogenated alkanes) is 6. The third-order valence-corrected chi connectivity index (χ3v) is 11.8. The highest BCUT2D eigenvalue weighted by molar-refractivity contribution is 7.47. The van der Waals surface area contributed by atoms with Crippen LogP contribution in [0, 0.1) is 0 Å². The van der Waals surface area contributed by atoms with Gasteiger partial charge in [0.25, 0.3) is 0 Å². The topological polar surface area (TPSA) is 222 Å². The Morgan fingerprint density at radius 3 is 1.50 bits per heavy atom. The summed E-state index contributed by atoms with van der Waals surface area (Å²) in [4.78, 5) is 35.8. The van der Waals surface area contributed by atoms with Gasteiger partial charge in [0.05, 0.1) is 18.8 Å². The van der Waals surface area contributed by atoms with Crippen LogP contribution < -0.4 is 0 Å². The second-order valence-electron chi connectivity index (χ2n) is 16.6. The van der Waals surface area contributed by atoms with E-state index in [1.165, 1.54) is 38.5 Å². The average Bonchev–Trinajstić information content (AvgIpc) is 4.06. The van der Waals surface area contributed by atoms with Gasteiger partial charge in [0.1, 0.15) is 43.2 Å². The number of rotatable bonds is 37. The Labute approximate surface area is 394 Å². The summed E-state index contributed by atoms with van der Waals surface area (Å²) in [7, 11) is -5.17. The number of ether oxygens (including phenoxy) is 3. The molecule has 0 bridgehead atoms. The molecule has 2 rings (SSSR count). The fraction of sp³-hybridized carbons (Fsp3) is 0.647. The molecule has 1 heterocycles. The van der Waals surface area contributed by atoms with Crippen LogP contribution >= 0.6 is 7.82 Å². The molecule has 1 saturated carbocycles. The molecule has 0 aromatic rings. The van der Waals surface area contributed by atoms with E-state index in [1.807, 2.05) is 18.2 Å². The van der Waals surface area contributed by atoms with Crippen LogP contribution in [0.3, 0.4) is 0 Å². The molecule has 0 aromatic heterocycles. The van der Waals surface area contributed by atoms with Crippen molar-refractivity contribution in [3.8, 4) is 0 Å². The third kappa shape index (κ3) is 28.2.